The summed E-state index contributed by atoms with van der Waals surface area (Å²) >= 11 is 0. The van der Waals surface area contributed by atoms with Crippen LogP contribution in [0.4, 0.5) is 5.69 Å². The van der Waals surface area contributed by atoms with Gasteiger partial charge in [-0.15, -0.1) is 0 Å². The highest BCUT2D eigenvalue weighted by molar-refractivity contribution is 6.06. The van der Waals surface area contributed by atoms with E-state index in [0.29, 0.717) is 24.6 Å². The van der Waals surface area contributed by atoms with Gasteiger partial charge in [0.25, 0.3) is 5.91 Å². The maximum absolute atomic E-state index is 12.9. The number of hydrogen-bond acceptors (Lipinski definition) is 5. The van der Waals surface area contributed by atoms with Gasteiger partial charge in [0.15, 0.2) is 0 Å². The fourth-order valence-electron chi connectivity index (χ4n) is 4.29. The second-order valence-corrected chi connectivity index (χ2v) is 7.30. The fraction of sp³-hybridized carbons (Fsp3) is 0.526. The number of imide groups is 1. The van der Waals surface area contributed by atoms with E-state index in [2.05, 4.69) is 28.6 Å². The molecule has 3 heterocycles. The Morgan fingerprint density at radius 2 is 1.88 bits per heavy atom. The van der Waals surface area contributed by atoms with Crippen molar-refractivity contribution in [1.29, 1.82) is 0 Å². The minimum atomic E-state index is -0.565. The molecule has 0 radical (unpaired) electrons. The fourth-order valence-corrected chi connectivity index (χ4v) is 4.29. The SMILES string of the molecule is CN(c1cccc2c1CN(C1CCC(=O)NC1=O)C2=O)C1CCNCC1. The Morgan fingerprint density at radius 3 is 2.62 bits per heavy atom. The summed E-state index contributed by atoms with van der Waals surface area (Å²) in [6.45, 7) is 2.43. The number of amides is 3. The van der Waals surface area contributed by atoms with E-state index in [-0.39, 0.29) is 24.1 Å². The zero-order valence-corrected chi connectivity index (χ0v) is 15.0. The normalized spacial score (nSPS) is 23.8. The lowest BCUT2D eigenvalue weighted by molar-refractivity contribution is -0.136. The highest BCUT2D eigenvalue weighted by Crippen LogP contribution is 2.35. The Bertz CT molecular complexity index is 757. The quantitative estimate of drug-likeness (QED) is 0.777. The zero-order chi connectivity index (χ0) is 18.3. The number of nitrogens with zero attached hydrogens (tertiary/aromatic N) is 2. The minimum absolute atomic E-state index is 0.116. The van der Waals surface area contributed by atoms with E-state index in [1.807, 2.05) is 12.1 Å². The zero-order valence-electron chi connectivity index (χ0n) is 15.0. The molecule has 1 aromatic carbocycles. The van der Waals surface area contributed by atoms with Gasteiger partial charge < -0.3 is 15.1 Å². The molecule has 0 saturated carbocycles. The van der Waals surface area contributed by atoms with Crippen molar-refractivity contribution >= 4 is 23.4 Å². The summed E-state index contributed by atoms with van der Waals surface area (Å²) in [5.74, 6) is -0.743. The van der Waals surface area contributed by atoms with E-state index in [0.717, 1.165) is 37.2 Å². The Balaban J connectivity index is 1.60. The van der Waals surface area contributed by atoms with Crippen molar-refractivity contribution in [2.24, 2.45) is 0 Å². The number of carbonyl (C=O) groups excluding carboxylic acids is 3. The third kappa shape index (κ3) is 2.86. The predicted molar refractivity (Wildman–Crippen MR) is 96.8 cm³/mol. The average molecular weight is 356 g/mol. The van der Waals surface area contributed by atoms with Gasteiger partial charge >= 0.3 is 0 Å². The molecular formula is C19H24N4O3. The van der Waals surface area contributed by atoms with E-state index in [4.69, 9.17) is 0 Å². The third-order valence-electron chi connectivity index (χ3n) is 5.79. The van der Waals surface area contributed by atoms with E-state index in [1.54, 1.807) is 4.90 Å². The second kappa shape index (κ2) is 6.72. The van der Waals surface area contributed by atoms with Gasteiger partial charge in [-0.2, -0.15) is 0 Å². The highest BCUT2D eigenvalue weighted by atomic mass is 16.2. The molecule has 2 fully saturated rings. The molecular weight excluding hydrogens is 332 g/mol. The van der Waals surface area contributed by atoms with Gasteiger partial charge in [0.2, 0.25) is 11.8 Å². The van der Waals surface area contributed by atoms with E-state index in [1.165, 1.54) is 0 Å². The van der Waals surface area contributed by atoms with Crippen molar-refractivity contribution in [2.75, 3.05) is 25.0 Å². The summed E-state index contributed by atoms with van der Waals surface area (Å²) < 4.78 is 0. The van der Waals surface area contributed by atoms with Gasteiger partial charge in [0.05, 0.1) is 0 Å². The average Bonchev–Trinajstić information content (AvgIpc) is 2.99. The molecule has 3 aliphatic rings. The predicted octanol–water partition coefficient (Wildman–Crippen LogP) is 0.636. The van der Waals surface area contributed by atoms with Crippen LogP contribution >= 0.6 is 0 Å². The van der Waals surface area contributed by atoms with Crippen LogP contribution in [0.1, 0.15) is 41.6 Å². The van der Waals surface area contributed by atoms with Crippen LogP contribution in [0.5, 0.6) is 0 Å². The number of nitrogens with one attached hydrogen (secondary N) is 2. The molecule has 1 aromatic rings. The molecule has 26 heavy (non-hydrogen) atoms. The lowest BCUT2D eigenvalue weighted by atomic mass is 10.0. The Morgan fingerprint density at radius 1 is 1.12 bits per heavy atom. The lowest BCUT2D eigenvalue weighted by Gasteiger charge is -2.34. The first-order valence-electron chi connectivity index (χ1n) is 9.26. The molecule has 0 spiro atoms. The molecule has 4 rings (SSSR count). The number of benzene rings is 1. The molecule has 7 nitrogen and oxygen atoms in total. The summed E-state index contributed by atoms with van der Waals surface area (Å²) in [6, 6.07) is 5.69. The largest absolute Gasteiger partial charge is 0.371 e. The van der Waals surface area contributed by atoms with Crippen molar-refractivity contribution in [1.82, 2.24) is 15.5 Å². The maximum atomic E-state index is 12.9. The summed E-state index contributed by atoms with van der Waals surface area (Å²) in [7, 11) is 2.09. The van der Waals surface area contributed by atoms with Crippen LogP contribution in [0.2, 0.25) is 0 Å². The summed E-state index contributed by atoms with van der Waals surface area (Å²) in [5, 5.41) is 5.73. The van der Waals surface area contributed by atoms with Crippen LogP contribution in [0, 0.1) is 0 Å². The van der Waals surface area contributed by atoms with Crippen LogP contribution in [0.25, 0.3) is 0 Å². The van der Waals surface area contributed by atoms with E-state index >= 15 is 0 Å². The van der Waals surface area contributed by atoms with Crippen LogP contribution < -0.4 is 15.5 Å². The summed E-state index contributed by atoms with van der Waals surface area (Å²) in [4.78, 5) is 40.4. The van der Waals surface area contributed by atoms with Crippen molar-refractivity contribution in [3.8, 4) is 0 Å². The van der Waals surface area contributed by atoms with Crippen LogP contribution in [0.15, 0.2) is 18.2 Å². The molecule has 1 unspecified atom stereocenters. The topological polar surface area (TPSA) is 81.8 Å². The second-order valence-electron chi connectivity index (χ2n) is 7.30. The van der Waals surface area contributed by atoms with Gasteiger partial charge in [-0.1, -0.05) is 6.07 Å². The summed E-state index contributed by atoms with van der Waals surface area (Å²) in [6.07, 6.45) is 2.82. The smallest absolute Gasteiger partial charge is 0.255 e. The molecule has 1 atom stereocenters. The first-order chi connectivity index (χ1) is 12.6. The molecule has 7 heteroatoms. The monoisotopic (exact) mass is 356 g/mol. The number of rotatable bonds is 3. The standard InChI is InChI=1S/C19H24N4O3/c1-22(12-7-9-20-10-8-12)15-4-2-3-13-14(15)11-23(19(13)26)16-5-6-17(24)21-18(16)25/h2-4,12,16,20H,5-11H2,1H3,(H,21,24,25). The first kappa shape index (κ1) is 17.0. The summed E-state index contributed by atoms with van der Waals surface area (Å²) in [5.41, 5.74) is 2.73. The molecule has 138 valence electrons. The molecule has 2 N–H and O–H groups in total. The van der Waals surface area contributed by atoms with Crippen molar-refractivity contribution in [3.05, 3.63) is 29.3 Å². The third-order valence-corrected chi connectivity index (χ3v) is 5.79. The van der Waals surface area contributed by atoms with E-state index < -0.39 is 6.04 Å². The van der Waals surface area contributed by atoms with Crippen molar-refractivity contribution in [2.45, 2.75) is 44.3 Å². The number of hydrogen-bond donors (Lipinski definition) is 2. The van der Waals surface area contributed by atoms with Gasteiger partial charge in [0.1, 0.15) is 6.04 Å². The number of fused-ring (bicyclic) bond motifs is 1. The van der Waals surface area contributed by atoms with Crippen molar-refractivity contribution < 1.29 is 14.4 Å². The van der Waals surface area contributed by atoms with Crippen LogP contribution in [0.3, 0.4) is 0 Å². The number of carbonyl (C=O) groups is 3. The van der Waals surface area contributed by atoms with Gasteiger partial charge in [-0.05, 0) is 44.5 Å². The minimum Gasteiger partial charge on any atom is -0.371 e. The van der Waals surface area contributed by atoms with Gasteiger partial charge in [-0.3, -0.25) is 19.7 Å². The first-order valence-corrected chi connectivity index (χ1v) is 9.26. The Hall–Kier alpha value is -2.41. The Labute approximate surface area is 152 Å². The lowest BCUT2D eigenvalue weighted by Crippen LogP contribution is -2.52. The van der Waals surface area contributed by atoms with E-state index in [9.17, 15) is 14.4 Å². The number of piperidine rings is 2. The molecule has 0 aromatic heterocycles. The Kier molecular flexibility index (Phi) is 4.40. The highest BCUT2D eigenvalue weighted by Gasteiger charge is 2.40. The molecule has 0 bridgehead atoms. The van der Waals surface area contributed by atoms with Crippen LogP contribution in [-0.4, -0.2) is 54.8 Å². The molecule has 2 saturated heterocycles. The van der Waals surface area contributed by atoms with Crippen molar-refractivity contribution in [3.63, 3.8) is 0 Å². The van der Waals surface area contributed by atoms with Gasteiger partial charge in [-0.25, -0.2) is 0 Å². The maximum Gasteiger partial charge on any atom is 0.255 e. The molecule has 0 aliphatic carbocycles. The van der Waals surface area contributed by atoms with Gasteiger partial charge in [0, 0.05) is 42.9 Å². The van der Waals surface area contributed by atoms with Crippen LogP contribution in [-0.2, 0) is 16.1 Å². The number of anilines is 1. The molecule has 3 aliphatic heterocycles. The molecule has 3 amide bonds.